The summed E-state index contributed by atoms with van der Waals surface area (Å²) in [6.07, 6.45) is 3.85. The standard InChI is InChI=1S/C16H22ClN3S/c1-9-6-5-7-10(2)20(9)8-13-18-15(17)14-11(3)12(4)21-16(14)19-13/h9-10H,5-8H2,1-4H3/t9-,10+. The zero-order chi connectivity index (χ0) is 15.1. The van der Waals surface area contributed by atoms with Crippen molar-refractivity contribution in [3.05, 3.63) is 21.4 Å². The summed E-state index contributed by atoms with van der Waals surface area (Å²) >= 11 is 8.12. The lowest BCUT2D eigenvalue weighted by Crippen LogP contribution is -2.43. The quantitative estimate of drug-likeness (QED) is 0.748. The maximum Gasteiger partial charge on any atom is 0.145 e. The minimum Gasteiger partial charge on any atom is -0.291 e. The summed E-state index contributed by atoms with van der Waals surface area (Å²) in [5.41, 5.74) is 1.21. The number of thiophene rings is 1. The van der Waals surface area contributed by atoms with Gasteiger partial charge in [-0.05, 0) is 46.1 Å². The minimum atomic E-state index is 0.596. The maximum atomic E-state index is 6.41. The Kier molecular flexibility index (Phi) is 4.21. The van der Waals surface area contributed by atoms with Crippen molar-refractivity contribution in [3.63, 3.8) is 0 Å². The largest absolute Gasteiger partial charge is 0.291 e. The molecule has 1 fully saturated rings. The lowest BCUT2D eigenvalue weighted by atomic mass is 9.97. The molecule has 0 bridgehead atoms. The van der Waals surface area contributed by atoms with Gasteiger partial charge in [0.05, 0.1) is 11.9 Å². The lowest BCUT2D eigenvalue weighted by Gasteiger charge is -2.38. The average molecular weight is 324 g/mol. The van der Waals surface area contributed by atoms with E-state index in [0.29, 0.717) is 17.2 Å². The third kappa shape index (κ3) is 2.81. The topological polar surface area (TPSA) is 29.0 Å². The molecular formula is C16H22ClN3S. The van der Waals surface area contributed by atoms with E-state index in [1.165, 1.54) is 29.7 Å². The molecule has 21 heavy (non-hydrogen) atoms. The molecule has 1 saturated heterocycles. The van der Waals surface area contributed by atoms with Crippen LogP contribution in [0.3, 0.4) is 0 Å². The van der Waals surface area contributed by atoms with Gasteiger partial charge < -0.3 is 0 Å². The number of hydrogen-bond donors (Lipinski definition) is 0. The van der Waals surface area contributed by atoms with Crippen LogP contribution in [0.5, 0.6) is 0 Å². The molecule has 2 aromatic rings. The fourth-order valence-corrected chi connectivity index (χ4v) is 4.70. The first-order valence-electron chi connectivity index (χ1n) is 7.65. The summed E-state index contributed by atoms with van der Waals surface area (Å²) in [6.45, 7) is 9.61. The molecule has 0 saturated carbocycles. The van der Waals surface area contributed by atoms with Crippen LogP contribution in [0.15, 0.2) is 0 Å². The van der Waals surface area contributed by atoms with Gasteiger partial charge in [-0.25, -0.2) is 9.97 Å². The number of fused-ring (bicyclic) bond motifs is 1. The van der Waals surface area contributed by atoms with E-state index in [4.69, 9.17) is 16.6 Å². The van der Waals surface area contributed by atoms with Crippen LogP contribution in [0.25, 0.3) is 10.2 Å². The van der Waals surface area contributed by atoms with Crippen LogP contribution in [-0.4, -0.2) is 27.0 Å². The van der Waals surface area contributed by atoms with Crippen molar-refractivity contribution in [3.8, 4) is 0 Å². The molecule has 3 heterocycles. The molecule has 0 aromatic carbocycles. The molecule has 0 radical (unpaired) electrons. The molecule has 114 valence electrons. The van der Waals surface area contributed by atoms with Gasteiger partial charge >= 0.3 is 0 Å². The summed E-state index contributed by atoms with van der Waals surface area (Å²) in [6, 6.07) is 1.19. The molecule has 1 aliphatic rings. The van der Waals surface area contributed by atoms with Crippen molar-refractivity contribution in [1.82, 2.24) is 14.9 Å². The summed E-state index contributed by atoms with van der Waals surface area (Å²) in [5.74, 6) is 0.856. The van der Waals surface area contributed by atoms with E-state index < -0.39 is 0 Å². The molecule has 3 nitrogen and oxygen atoms in total. The summed E-state index contributed by atoms with van der Waals surface area (Å²) in [4.78, 5) is 14.1. The third-order valence-electron chi connectivity index (χ3n) is 4.73. The molecule has 3 rings (SSSR count). The Labute approximate surface area is 135 Å². The third-order valence-corrected chi connectivity index (χ3v) is 6.11. The molecule has 1 aliphatic heterocycles. The Bertz CT molecular complexity index is 657. The predicted molar refractivity (Wildman–Crippen MR) is 90.2 cm³/mol. The molecular weight excluding hydrogens is 302 g/mol. The van der Waals surface area contributed by atoms with E-state index in [0.717, 1.165) is 22.6 Å². The Morgan fingerprint density at radius 1 is 1.19 bits per heavy atom. The van der Waals surface area contributed by atoms with Gasteiger partial charge in [-0.1, -0.05) is 18.0 Å². The van der Waals surface area contributed by atoms with Gasteiger partial charge in [-0.15, -0.1) is 11.3 Å². The number of halogens is 1. The Morgan fingerprint density at radius 2 is 1.86 bits per heavy atom. The molecule has 0 amide bonds. The highest BCUT2D eigenvalue weighted by atomic mass is 35.5. The van der Waals surface area contributed by atoms with Gasteiger partial charge in [0.25, 0.3) is 0 Å². The highest BCUT2D eigenvalue weighted by Crippen LogP contribution is 2.33. The molecule has 0 spiro atoms. The number of nitrogens with zero attached hydrogens (tertiary/aromatic N) is 3. The van der Waals surface area contributed by atoms with Gasteiger partial charge in [0, 0.05) is 17.0 Å². The second-order valence-electron chi connectivity index (χ2n) is 6.20. The summed E-state index contributed by atoms with van der Waals surface area (Å²) in [5, 5.41) is 1.64. The smallest absolute Gasteiger partial charge is 0.145 e. The second kappa shape index (κ2) is 5.82. The van der Waals surface area contributed by atoms with Gasteiger partial charge in [0.2, 0.25) is 0 Å². The van der Waals surface area contributed by atoms with E-state index in [2.05, 4.69) is 37.6 Å². The van der Waals surface area contributed by atoms with Crippen LogP contribution in [0.4, 0.5) is 0 Å². The van der Waals surface area contributed by atoms with Crippen LogP contribution < -0.4 is 0 Å². The number of rotatable bonds is 2. The zero-order valence-electron chi connectivity index (χ0n) is 13.1. The monoisotopic (exact) mass is 323 g/mol. The Morgan fingerprint density at radius 3 is 2.52 bits per heavy atom. The minimum absolute atomic E-state index is 0.596. The van der Waals surface area contributed by atoms with E-state index in [9.17, 15) is 0 Å². The van der Waals surface area contributed by atoms with Crippen LogP contribution in [0.1, 0.15) is 49.4 Å². The number of hydrogen-bond acceptors (Lipinski definition) is 4. The highest BCUT2D eigenvalue weighted by molar-refractivity contribution is 7.18. The van der Waals surface area contributed by atoms with Crippen LogP contribution in [0.2, 0.25) is 5.15 Å². The van der Waals surface area contributed by atoms with Crippen molar-refractivity contribution in [2.45, 2.75) is 65.6 Å². The molecule has 0 unspecified atom stereocenters. The van der Waals surface area contributed by atoms with Crippen LogP contribution in [-0.2, 0) is 6.54 Å². The van der Waals surface area contributed by atoms with Crippen LogP contribution in [0, 0.1) is 13.8 Å². The van der Waals surface area contributed by atoms with Crippen LogP contribution >= 0.6 is 22.9 Å². The van der Waals surface area contributed by atoms with E-state index >= 15 is 0 Å². The van der Waals surface area contributed by atoms with Crippen molar-refractivity contribution in [2.75, 3.05) is 0 Å². The first-order valence-corrected chi connectivity index (χ1v) is 8.84. The molecule has 0 aliphatic carbocycles. The van der Waals surface area contributed by atoms with Crippen molar-refractivity contribution >= 4 is 33.2 Å². The number of piperidine rings is 1. The van der Waals surface area contributed by atoms with Crippen molar-refractivity contribution < 1.29 is 0 Å². The van der Waals surface area contributed by atoms with Crippen molar-refractivity contribution in [1.29, 1.82) is 0 Å². The van der Waals surface area contributed by atoms with E-state index in [1.54, 1.807) is 11.3 Å². The highest BCUT2D eigenvalue weighted by Gasteiger charge is 2.26. The molecule has 0 N–H and O–H groups in total. The summed E-state index contributed by atoms with van der Waals surface area (Å²) < 4.78 is 0. The summed E-state index contributed by atoms with van der Waals surface area (Å²) in [7, 11) is 0. The number of likely N-dealkylation sites (tertiary alicyclic amines) is 1. The lowest BCUT2D eigenvalue weighted by molar-refractivity contribution is 0.0924. The molecule has 5 heteroatoms. The first kappa shape index (κ1) is 15.2. The van der Waals surface area contributed by atoms with Gasteiger partial charge in [0.15, 0.2) is 0 Å². The average Bonchev–Trinajstić information content (AvgIpc) is 2.70. The Hall–Kier alpha value is -0.710. The van der Waals surface area contributed by atoms with E-state index in [-0.39, 0.29) is 0 Å². The zero-order valence-corrected chi connectivity index (χ0v) is 14.7. The van der Waals surface area contributed by atoms with Crippen molar-refractivity contribution in [2.24, 2.45) is 0 Å². The fourth-order valence-electron chi connectivity index (χ4n) is 3.26. The van der Waals surface area contributed by atoms with Gasteiger partial charge in [-0.3, -0.25) is 4.90 Å². The fraction of sp³-hybridized carbons (Fsp3) is 0.625. The predicted octanol–water partition coefficient (Wildman–Crippen LogP) is 4.72. The maximum absolute atomic E-state index is 6.41. The normalized spacial score (nSPS) is 23.9. The second-order valence-corrected chi connectivity index (χ2v) is 7.76. The first-order chi connectivity index (χ1) is 9.97. The molecule has 2 atom stereocenters. The SMILES string of the molecule is Cc1sc2nc(CN3[C@H](C)CCC[C@@H]3C)nc(Cl)c2c1C. The molecule has 2 aromatic heterocycles. The number of aromatic nitrogens is 2. The number of aryl methyl sites for hydroxylation is 2. The van der Waals surface area contributed by atoms with E-state index in [1.807, 2.05) is 0 Å². The van der Waals surface area contributed by atoms with Gasteiger partial charge in [0.1, 0.15) is 15.8 Å². The van der Waals surface area contributed by atoms with Gasteiger partial charge in [-0.2, -0.15) is 0 Å². The Balaban J connectivity index is 1.94.